The zero-order valence-corrected chi connectivity index (χ0v) is 46.6. The molecule has 25 nitrogen and oxygen atoms in total. The van der Waals surface area contributed by atoms with E-state index in [0.717, 1.165) is 5.57 Å². The van der Waals surface area contributed by atoms with Gasteiger partial charge in [-0.25, -0.2) is 0 Å². The second-order valence-electron chi connectivity index (χ2n) is 26.4. The van der Waals surface area contributed by atoms with Crippen molar-refractivity contribution in [2.24, 2.45) is 50.2 Å². The molecule has 0 amide bonds. The first-order valence-electron chi connectivity index (χ1n) is 28.2. The van der Waals surface area contributed by atoms with Crippen molar-refractivity contribution in [1.82, 2.24) is 0 Å². The molecule has 29 atom stereocenters. The summed E-state index contributed by atoms with van der Waals surface area (Å²) in [6, 6.07) is 0. The Balaban J connectivity index is 1.02. The van der Waals surface area contributed by atoms with Gasteiger partial charge < -0.3 is 109 Å². The molecule has 13 N–H and O–H groups in total. The van der Waals surface area contributed by atoms with Crippen LogP contribution in [0.5, 0.6) is 0 Å². The van der Waals surface area contributed by atoms with E-state index < -0.39 is 206 Å². The van der Waals surface area contributed by atoms with E-state index in [9.17, 15) is 76.0 Å². The van der Waals surface area contributed by atoms with Crippen LogP contribution in [0.1, 0.15) is 113 Å². The minimum absolute atomic E-state index is 0.138. The van der Waals surface area contributed by atoms with Gasteiger partial charge in [-0.05, 0) is 111 Å². The Hall–Kier alpha value is -2.61. The summed E-state index contributed by atoms with van der Waals surface area (Å²) in [5.74, 6) is -3.56. The molecule has 5 aliphatic carbocycles. The third-order valence-corrected chi connectivity index (χ3v) is 21.4. The molecule has 0 bridgehead atoms. The number of carboxylic acids is 1. The van der Waals surface area contributed by atoms with Gasteiger partial charge >= 0.3 is 17.9 Å². The molecule has 8 fully saturated rings. The van der Waals surface area contributed by atoms with Gasteiger partial charge in [0.05, 0.1) is 36.8 Å². The number of allylic oxidation sites excluding steroid dienone is 2. The quantitative estimate of drug-likeness (QED) is 0.0760. The highest BCUT2D eigenvalue weighted by Gasteiger charge is 2.73. The number of esters is 2. The van der Waals surface area contributed by atoms with E-state index in [4.69, 9.17) is 42.6 Å². The first kappa shape index (κ1) is 61.9. The lowest BCUT2D eigenvalue weighted by Crippen LogP contribution is -2.69. The summed E-state index contributed by atoms with van der Waals surface area (Å²) in [6.07, 6.45) is -28.8. The van der Waals surface area contributed by atoms with Crippen molar-refractivity contribution in [3.63, 3.8) is 0 Å². The summed E-state index contributed by atoms with van der Waals surface area (Å²) in [4.78, 5) is 41.4. The number of hydrogen-bond acceptors (Lipinski definition) is 24. The average molecular weight is 1150 g/mol. The molecule has 0 aromatic carbocycles. The van der Waals surface area contributed by atoms with Crippen molar-refractivity contribution in [2.75, 3.05) is 19.8 Å². The molecule has 2 unspecified atom stereocenters. The maximum Gasteiger partial charge on any atom is 0.315 e. The zero-order valence-electron chi connectivity index (χ0n) is 46.6. The van der Waals surface area contributed by atoms with Crippen LogP contribution in [0, 0.1) is 50.2 Å². The monoisotopic (exact) mass is 1150 g/mol. The first-order chi connectivity index (χ1) is 37.3. The highest BCUT2D eigenvalue weighted by Crippen LogP contribution is 2.76. The normalized spacial score (nSPS) is 52.9. The molecular weight excluding hydrogens is 1060 g/mol. The Kier molecular flexibility index (Phi) is 17.3. The Labute approximate surface area is 464 Å². The lowest BCUT2D eigenvalue weighted by Gasteiger charge is -2.71. The predicted octanol–water partition coefficient (Wildman–Crippen LogP) is -1.76. The Morgan fingerprint density at radius 2 is 1.26 bits per heavy atom. The van der Waals surface area contributed by atoms with Gasteiger partial charge in [0.2, 0.25) is 6.29 Å². The molecule has 0 radical (unpaired) electrons. The van der Waals surface area contributed by atoms with Crippen LogP contribution in [0.3, 0.4) is 0 Å². The molecule has 0 aromatic rings. The van der Waals surface area contributed by atoms with Crippen molar-refractivity contribution in [3.05, 3.63) is 11.6 Å². The number of aliphatic hydroxyl groups excluding tert-OH is 12. The lowest BCUT2D eigenvalue weighted by molar-refractivity contribution is -0.377. The smallest absolute Gasteiger partial charge is 0.315 e. The number of carbonyl (C=O) groups excluding carboxylic acids is 2. The van der Waals surface area contributed by atoms with Gasteiger partial charge in [0.1, 0.15) is 91.6 Å². The van der Waals surface area contributed by atoms with E-state index in [1.54, 1.807) is 6.92 Å². The summed E-state index contributed by atoms with van der Waals surface area (Å²) in [5, 5.41) is 141. The molecule has 9 rings (SSSR count). The summed E-state index contributed by atoms with van der Waals surface area (Å²) < 4.78 is 53.0. The molecule has 80 heavy (non-hydrogen) atoms. The van der Waals surface area contributed by atoms with Gasteiger partial charge in [-0.3, -0.25) is 14.4 Å². The molecule has 4 heterocycles. The van der Waals surface area contributed by atoms with Crippen LogP contribution in [0.15, 0.2) is 11.6 Å². The summed E-state index contributed by atoms with van der Waals surface area (Å²) in [6.45, 7) is 13.1. The molecule has 4 aliphatic heterocycles. The minimum atomic E-state index is -2.03. The van der Waals surface area contributed by atoms with E-state index >= 15 is 4.79 Å². The third kappa shape index (κ3) is 10.1. The highest BCUT2D eigenvalue weighted by atomic mass is 16.8. The Morgan fingerprint density at radius 3 is 1.93 bits per heavy atom. The molecular formula is C55H86O25. The summed E-state index contributed by atoms with van der Waals surface area (Å²) >= 11 is 0. The number of hydrogen-bond donors (Lipinski definition) is 13. The first-order valence-corrected chi connectivity index (χ1v) is 28.2. The van der Waals surface area contributed by atoms with Crippen molar-refractivity contribution in [2.45, 2.75) is 242 Å². The largest absolute Gasteiger partial charge is 0.481 e. The van der Waals surface area contributed by atoms with E-state index in [1.807, 2.05) is 0 Å². The van der Waals surface area contributed by atoms with Crippen LogP contribution in [-0.2, 0) is 57.0 Å². The number of carboxylic acid groups (broad SMARTS) is 1. The highest BCUT2D eigenvalue weighted by molar-refractivity contribution is 5.79. The number of aliphatic hydroxyl groups is 12. The second-order valence-corrected chi connectivity index (χ2v) is 26.4. The van der Waals surface area contributed by atoms with Crippen LogP contribution >= 0.6 is 0 Å². The number of ether oxygens (including phenoxy) is 9. The van der Waals surface area contributed by atoms with Crippen LogP contribution in [-0.4, -0.2) is 233 Å². The fraction of sp³-hybridized carbons (Fsp3) is 0.909. The number of fused-ring (bicyclic) bond motifs is 7. The van der Waals surface area contributed by atoms with Gasteiger partial charge in [0.25, 0.3) is 0 Å². The average Bonchev–Trinajstić information content (AvgIpc) is 3.35. The van der Waals surface area contributed by atoms with E-state index in [2.05, 4.69) is 40.7 Å². The van der Waals surface area contributed by atoms with E-state index in [-0.39, 0.29) is 17.8 Å². The van der Waals surface area contributed by atoms with Crippen molar-refractivity contribution in [1.29, 1.82) is 0 Å². The van der Waals surface area contributed by atoms with Crippen LogP contribution in [0.4, 0.5) is 0 Å². The second kappa shape index (κ2) is 22.3. The Morgan fingerprint density at radius 1 is 0.650 bits per heavy atom. The van der Waals surface area contributed by atoms with Gasteiger partial charge in [0, 0.05) is 6.92 Å². The molecule has 25 heteroatoms. The molecule has 0 spiro atoms. The SMILES string of the molecule is CC(=O)O[C@H]1C[C@@]2(C)C(CC[C@]3(C)[C@@H]2CC=C2C4CC(C)(C)CC[C@]4(C(=O)O[C@@H]4O[C@H](CO[C@@H]5O[C@H](CO)[C@@H](O)[C@H](O)[C@H]5O)[C@@H](O)[C@H](O)[C@H]4O[C@@H]4O[C@@H](C)[C@H](O[C@@H]5OC[C@@H](O)[C@H](O)[C@H]5O)[C@@H](O)[C@H]4O)CC[C@]23C)[C@](C)(C(=O)O)[C@H]1O. The standard InChI is InChI=1S/C55H86O25/c1-22-41(78-45-38(65)32(59)26(58)20-72-45)37(64)40(67)46(74-22)79-42-36(63)34(61)29(21-73-44-39(66)35(62)33(60)28(19-56)76-44)77-47(42)80-49(71)55-15-13-50(3,4)17-25(55)24-9-10-30-51(5)18-27(75-23(2)57)43(68)54(8,48(69)70)31(51)11-12-53(30,7)52(24,6)14-16-55/h9,22,25-47,56,58-68H,10-21H2,1-8H3,(H,69,70)/t22-,25?,26+,27-,28+,29+,30+,31?,32-,33+,34+,35-,36-,37-,38+,39+,40+,41-,42+,43-,44+,45-,46-,47-,51+,52+,53+,54-,55-/m0/s1. The van der Waals surface area contributed by atoms with Gasteiger partial charge in [0.15, 0.2) is 25.0 Å². The fourth-order valence-electron chi connectivity index (χ4n) is 16.4. The number of aliphatic carboxylic acids is 1. The zero-order chi connectivity index (χ0) is 58.7. The minimum Gasteiger partial charge on any atom is -0.481 e. The van der Waals surface area contributed by atoms with E-state index in [0.29, 0.717) is 51.4 Å². The van der Waals surface area contributed by atoms with Crippen LogP contribution in [0.25, 0.3) is 0 Å². The molecule has 4 saturated heterocycles. The van der Waals surface area contributed by atoms with Crippen LogP contribution < -0.4 is 0 Å². The van der Waals surface area contributed by atoms with Gasteiger partial charge in [-0.2, -0.15) is 0 Å². The Bertz CT molecular complexity index is 2300. The maximum atomic E-state index is 15.7. The molecule has 0 aromatic heterocycles. The maximum absolute atomic E-state index is 15.7. The molecule has 456 valence electrons. The van der Waals surface area contributed by atoms with Gasteiger partial charge in [-0.15, -0.1) is 0 Å². The summed E-state index contributed by atoms with van der Waals surface area (Å²) in [7, 11) is 0. The fourth-order valence-corrected chi connectivity index (χ4v) is 16.4. The topological polar surface area (TPSA) is 397 Å². The number of carbonyl (C=O) groups is 3. The van der Waals surface area contributed by atoms with Crippen molar-refractivity contribution < 1.29 is 123 Å². The van der Waals surface area contributed by atoms with Crippen molar-refractivity contribution >= 4 is 17.9 Å². The van der Waals surface area contributed by atoms with Gasteiger partial charge in [-0.1, -0.05) is 46.3 Å². The number of rotatable bonds is 12. The molecule has 9 aliphatic rings. The van der Waals surface area contributed by atoms with Crippen LogP contribution in [0.2, 0.25) is 0 Å². The van der Waals surface area contributed by atoms with Crippen molar-refractivity contribution in [3.8, 4) is 0 Å². The summed E-state index contributed by atoms with van der Waals surface area (Å²) in [5.41, 5.74) is -3.83. The lowest BCUT2D eigenvalue weighted by atomic mass is 9.33. The third-order valence-electron chi connectivity index (χ3n) is 21.4. The predicted molar refractivity (Wildman–Crippen MR) is 268 cm³/mol. The van der Waals surface area contributed by atoms with E-state index in [1.165, 1.54) is 13.8 Å². The molecule has 4 saturated carbocycles.